The predicted octanol–water partition coefficient (Wildman–Crippen LogP) is 0.683. The minimum Gasteiger partial charge on any atom is -0.493 e. The van der Waals surface area contributed by atoms with Crippen LogP contribution in [0.15, 0.2) is 24.5 Å². The molecule has 1 unspecified atom stereocenters. The van der Waals surface area contributed by atoms with Crippen molar-refractivity contribution in [1.29, 1.82) is 0 Å². The highest BCUT2D eigenvalue weighted by molar-refractivity contribution is 7.71. The van der Waals surface area contributed by atoms with E-state index >= 15 is 0 Å². The van der Waals surface area contributed by atoms with E-state index in [2.05, 4.69) is 18.2 Å². The van der Waals surface area contributed by atoms with E-state index in [-0.39, 0.29) is 0 Å². The molecule has 1 aromatic carbocycles. The van der Waals surface area contributed by atoms with Crippen molar-refractivity contribution in [2.24, 2.45) is 7.05 Å². The third kappa shape index (κ3) is 3.86. The molecule has 120 valence electrons. The number of benzene rings is 1. The zero-order chi connectivity index (χ0) is 16.1. The van der Waals surface area contributed by atoms with E-state index in [0.29, 0.717) is 0 Å². The fraction of sp³-hybridized carbons (Fsp3) is 0.467. The molecule has 0 amide bonds. The van der Waals surface area contributed by atoms with Crippen LogP contribution in [0.1, 0.15) is 5.56 Å². The number of hydrogen-bond donors (Lipinski definition) is 1. The molecule has 0 fully saturated rings. The van der Waals surface area contributed by atoms with Crippen molar-refractivity contribution in [3.8, 4) is 11.5 Å². The smallest absolute Gasteiger partial charge is 0.202 e. The Hall–Kier alpha value is -1.86. The molecule has 0 aliphatic heterocycles. The molecule has 22 heavy (non-hydrogen) atoms. The lowest BCUT2D eigenvalue weighted by atomic mass is 10.1. The molecular formula is C15H23N4O2S+. The zero-order valence-corrected chi connectivity index (χ0v) is 14.3. The Balaban J connectivity index is 1.95. The zero-order valence-electron chi connectivity index (χ0n) is 13.5. The second kappa shape index (κ2) is 7.42. The van der Waals surface area contributed by atoms with E-state index in [1.165, 1.54) is 10.5 Å². The van der Waals surface area contributed by atoms with Crippen LogP contribution in [0.4, 0.5) is 0 Å². The molecule has 2 rings (SSSR count). The summed E-state index contributed by atoms with van der Waals surface area (Å²) in [5.41, 5.74) is 1.22. The van der Waals surface area contributed by atoms with E-state index in [1.807, 2.05) is 28.4 Å². The average molecular weight is 323 g/mol. The van der Waals surface area contributed by atoms with Gasteiger partial charge >= 0.3 is 0 Å². The number of nitrogens with one attached hydrogen (secondary N) is 1. The number of methoxy groups -OCH3 is 2. The minimum absolute atomic E-state index is 0.741. The molecular weight excluding hydrogens is 300 g/mol. The molecule has 1 aromatic heterocycles. The lowest BCUT2D eigenvalue weighted by Gasteiger charge is -2.14. The summed E-state index contributed by atoms with van der Waals surface area (Å²) in [4.78, 5) is 1.34. The summed E-state index contributed by atoms with van der Waals surface area (Å²) >= 11 is 5.30. The Morgan fingerprint density at radius 2 is 1.95 bits per heavy atom. The molecule has 0 aliphatic rings. The van der Waals surface area contributed by atoms with Crippen molar-refractivity contribution in [3.05, 3.63) is 34.9 Å². The monoisotopic (exact) mass is 323 g/mol. The molecule has 0 saturated heterocycles. The van der Waals surface area contributed by atoms with Crippen LogP contribution in [0.25, 0.3) is 0 Å². The summed E-state index contributed by atoms with van der Waals surface area (Å²) in [5.74, 6) is 1.52. The summed E-state index contributed by atoms with van der Waals surface area (Å²) in [6.45, 7) is 1.74. The summed E-state index contributed by atoms with van der Waals surface area (Å²) in [7, 11) is 7.34. The highest BCUT2D eigenvalue weighted by Crippen LogP contribution is 2.27. The fourth-order valence-electron chi connectivity index (χ4n) is 2.26. The van der Waals surface area contributed by atoms with Gasteiger partial charge in [0.1, 0.15) is 6.33 Å². The van der Waals surface area contributed by atoms with Crippen molar-refractivity contribution >= 4 is 12.2 Å². The van der Waals surface area contributed by atoms with Crippen molar-refractivity contribution in [2.75, 3.05) is 27.8 Å². The van der Waals surface area contributed by atoms with Crippen LogP contribution in [-0.2, 0) is 20.1 Å². The topological polar surface area (TPSA) is 45.7 Å². The molecule has 2 aromatic rings. The number of likely N-dealkylation sites (N-methyl/N-ethyl adjacent to an activating group) is 1. The molecule has 0 bridgehead atoms. The average Bonchev–Trinajstić information content (AvgIpc) is 2.84. The van der Waals surface area contributed by atoms with Gasteiger partial charge in [-0.3, -0.25) is 0 Å². The second-order valence-electron chi connectivity index (χ2n) is 5.33. The van der Waals surface area contributed by atoms with Crippen molar-refractivity contribution in [2.45, 2.75) is 13.1 Å². The minimum atomic E-state index is 0.741. The first-order valence-corrected chi connectivity index (χ1v) is 7.56. The third-order valence-electron chi connectivity index (χ3n) is 3.59. The van der Waals surface area contributed by atoms with Gasteiger partial charge in [-0.25, -0.2) is 0 Å². The third-order valence-corrected chi connectivity index (χ3v) is 4.09. The first kappa shape index (κ1) is 16.5. The quantitative estimate of drug-likeness (QED) is 0.762. The van der Waals surface area contributed by atoms with Crippen LogP contribution in [0.2, 0.25) is 0 Å². The largest absolute Gasteiger partial charge is 0.493 e. The molecule has 1 N–H and O–H groups in total. The molecule has 1 atom stereocenters. The van der Waals surface area contributed by atoms with Crippen LogP contribution in [-0.4, -0.2) is 42.2 Å². The maximum Gasteiger partial charge on any atom is 0.202 e. The van der Waals surface area contributed by atoms with Crippen LogP contribution in [0, 0.1) is 4.77 Å². The Morgan fingerprint density at radius 1 is 1.23 bits per heavy atom. The van der Waals surface area contributed by atoms with E-state index in [9.17, 15) is 0 Å². The van der Waals surface area contributed by atoms with Crippen molar-refractivity contribution in [3.63, 3.8) is 0 Å². The highest BCUT2D eigenvalue weighted by Gasteiger charge is 2.09. The van der Waals surface area contributed by atoms with Gasteiger partial charge in [0.15, 0.2) is 18.2 Å². The standard InChI is InChI=1S/C15H22N4O2S/c1-17(11-19-15(22)18(2)10-16-19)8-7-12-5-6-13(20-3)14(9-12)21-4/h5-6,9-10H,7-8,11H2,1-4H3/p+1. The number of hydrogen-bond acceptors (Lipinski definition) is 4. The molecule has 0 saturated carbocycles. The van der Waals surface area contributed by atoms with Gasteiger partial charge in [-0.1, -0.05) is 6.07 Å². The van der Waals surface area contributed by atoms with Crippen molar-refractivity contribution in [1.82, 2.24) is 14.3 Å². The maximum atomic E-state index is 5.34. The summed E-state index contributed by atoms with van der Waals surface area (Å²) in [6.07, 6.45) is 2.69. The number of nitrogens with zero attached hydrogens (tertiary/aromatic N) is 3. The second-order valence-corrected chi connectivity index (χ2v) is 5.69. The molecule has 0 spiro atoms. The van der Waals surface area contributed by atoms with Crippen LogP contribution < -0.4 is 14.4 Å². The van der Waals surface area contributed by atoms with E-state index in [4.69, 9.17) is 21.7 Å². The van der Waals surface area contributed by atoms with Gasteiger partial charge in [-0.2, -0.15) is 9.78 Å². The van der Waals surface area contributed by atoms with Gasteiger partial charge in [-0.15, -0.1) is 0 Å². The Morgan fingerprint density at radius 3 is 2.55 bits per heavy atom. The van der Waals surface area contributed by atoms with Gasteiger partial charge in [-0.05, 0) is 29.9 Å². The number of aromatic nitrogens is 3. The Bertz CT molecular complexity index is 680. The highest BCUT2D eigenvalue weighted by atomic mass is 32.1. The molecule has 6 nitrogen and oxygen atoms in total. The number of rotatable bonds is 7. The van der Waals surface area contributed by atoms with Gasteiger partial charge in [0, 0.05) is 13.5 Å². The lowest BCUT2D eigenvalue weighted by molar-refractivity contribution is -0.903. The molecule has 0 aliphatic carbocycles. The first-order valence-electron chi connectivity index (χ1n) is 7.15. The molecule has 0 radical (unpaired) electrons. The normalized spacial score (nSPS) is 12.2. The lowest BCUT2D eigenvalue weighted by Crippen LogP contribution is -3.08. The molecule has 1 heterocycles. The first-order chi connectivity index (χ1) is 10.5. The Labute approximate surface area is 135 Å². The van der Waals surface area contributed by atoms with E-state index < -0.39 is 0 Å². The number of aryl methyl sites for hydroxylation is 1. The SMILES string of the molecule is COc1ccc(CC[NH+](C)Cn2ncn(C)c2=S)cc1OC. The van der Waals surface area contributed by atoms with E-state index in [1.54, 1.807) is 20.5 Å². The number of ether oxygens (including phenoxy) is 2. The van der Waals surface area contributed by atoms with Gasteiger partial charge in [0.2, 0.25) is 4.77 Å². The maximum absolute atomic E-state index is 5.34. The van der Waals surface area contributed by atoms with Gasteiger partial charge < -0.3 is 18.9 Å². The van der Waals surface area contributed by atoms with Gasteiger partial charge in [0.25, 0.3) is 0 Å². The summed E-state index contributed by atoms with van der Waals surface area (Å²) < 4.78 is 15.0. The van der Waals surface area contributed by atoms with E-state index in [0.717, 1.165) is 35.9 Å². The van der Waals surface area contributed by atoms with Gasteiger partial charge in [0.05, 0.1) is 27.8 Å². The van der Waals surface area contributed by atoms with Crippen molar-refractivity contribution < 1.29 is 14.4 Å². The Kier molecular flexibility index (Phi) is 5.57. The van der Waals surface area contributed by atoms with Crippen LogP contribution in [0.5, 0.6) is 11.5 Å². The predicted molar refractivity (Wildman–Crippen MR) is 87.0 cm³/mol. The summed E-state index contributed by atoms with van der Waals surface area (Å²) in [6, 6.07) is 6.04. The fourth-order valence-corrected chi connectivity index (χ4v) is 2.42. The van der Waals surface area contributed by atoms with Crippen LogP contribution >= 0.6 is 12.2 Å². The molecule has 7 heteroatoms. The van der Waals surface area contributed by atoms with Crippen LogP contribution in [0.3, 0.4) is 0 Å². The summed E-state index contributed by atoms with van der Waals surface area (Å²) in [5, 5.41) is 4.28. The number of quaternary nitrogens is 1.